The van der Waals surface area contributed by atoms with E-state index < -0.39 is 5.97 Å². The van der Waals surface area contributed by atoms with Gasteiger partial charge in [-0.1, -0.05) is 32.9 Å². The van der Waals surface area contributed by atoms with Crippen LogP contribution in [0.1, 0.15) is 62.8 Å². The molecule has 1 aliphatic carbocycles. The van der Waals surface area contributed by atoms with Crippen molar-refractivity contribution in [3.63, 3.8) is 0 Å². The first kappa shape index (κ1) is 25.6. The molecule has 0 aliphatic heterocycles. The largest absolute Gasteiger partial charge is 0.493 e. The summed E-state index contributed by atoms with van der Waals surface area (Å²) in [5, 5.41) is 0.945. The highest BCUT2D eigenvalue weighted by molar-refractivity contribution is 5.94. The molecule has 0 radical (unpaired) electrons. The van der Waals surface area contributed by atoms with Crippen molar-refractivity contribution >= 4 is 22.8 Å². The molecule has 0 bridgehead atoms. The number of nitrogens with zero attached hydrogens (tertiary/aromatic N) is 1. The molecule has 2 aromatic carbocycles. The molecule has 192 valence electrons. The predicted octanol–water partition coefficient (Wildman–Crippen LogP) is 4.96. The van der Waals surface area contributed by atoms with Crippen LogP contribution < -0.4 is 15.2 Å². The number of carbonyl (C=O) groups is 2. The van der Waals surface area contributed by atoms with Crippen LogP contribution in [-0.4, -0.2) is 36.3 Å². The number of esters is 1. The van der Waals surface area contributed by atoms with Crippen molar-refractivity contribution in [1.29, 1.82) is 0 Å². The summed E-state index contributed by atoms with van der Waals surface area (Å²) < 4.78 is 19.1. The van der Waals surface area contributed by atoms with Crippen molar-refractivity contribution in [1.82, 2.24) is 4.57 Å². The number of amides is 1. The topological polar surface area (TPSA) is 92.8 Å². The van der Waals surface area contributed by atoms with E-state index in [1.807, 2.05) is 37.3 Å². The second-order valence-corrected chi connectivity index (χ2v) is 9.83. The van der Waals surface area contributed by atoms with Crippen molar-refractivity contribution in [2.75, 3.05) is 19.8 Å². The number of ether oxygens (including phenoxy) is 3. The van der Waals surface area contributed by atoms with Crippen LogP contribution in [0.2, 0.25) is 0 Å². The minimum absolute atomic E-state index is 0.156. The standard InChI is InChI=1S/C29H36N2O5/c1-4-13-34-27(32)18-36-22-11-12-25-24(15-22)28-23(29(30)33)9-6-10-26(28)31(25)16-20-7-5-8-21(14-20)35-17-19(2)3/h5,7-8,11-12,14-15,19,23H,4,6,9-10,13,16-18H2,1-3H3,(H2,30,33)/t23-/m0/s1. The van der Waals surface area contributed by atoms with E-state index in [-0.39, 0.29) is 18.4 Å². The molecule has 36 heavy (non-hydrogen) atoms. The third kappa shape index (κ3) is 5.83. The smallest absolute Gasteiger partial charge is 0.344 e. The number of primary amides is 1. The van der Waals surface area contributed by atoms with Crippen molar-refractivity contribution in [2.24, 2.45) is 11.7 Å². The highest BCUT2D eigenvalue weighted by atomic mass is 16.6. The number of rotatable bonds is 11. The van der Waals surface area contributed by atoms with Crippen molar-refractivity contribution in [3.05, 3.63) is 59.3 Å². The lowest BCUT2D eigenvalue weighted by Crippen LogP contribution is -2.25. The van der Waals surface area contributed by atoms with Gasteiger partial charge in [0.2, 0.25) is 5.91 Å². The van der Waals surface area contributed by atoms with Crippen LogP contribution in [0.5, 0.6) is 11.5 Å². The summed E-state index contributed by atoms with van der Waals surface area (Å²) in [7, 11) is 0. The Balaban J connectivity index is 1.68. The van der Waals surface area contributed by atoms with Gasteiger partial charge in [0, 0.05) is 23.1 Å². The predicted molar refractivity (Wildman–Crippen MR) is 139 cm³/mol. The zero-order chi connectivity index (χ0) is 25.7. The van der Waals surface area contributed by atoms with Crippen LogP contribution in [0.3, 0.4) is 0 Å². The summed E-state index contributed by atoms with van der Waals surface area (Å²) >= 11 is 0. The van der Waals surface area contributed by atoms with Crippen molar-refractivity contribution in [2.45, 2.75) is 58.9 Å². The Bertz CT molecular complexity index is 1230. The fraction of sp³-hybridized carbons (Fsp3) is 0.448. The van der Waals surface area contributed by atoms with Gasteiger partial charge in [0.05, 0.1) is 19.1 Å². The number of hydrogen-bond donors (Lipinski definition) is 1. The van der Waals surface area contributed by atoms with Gasteiger partial charge in [-0.05, 0) is 73.1 Å². The highest BCUT2D eigenvalue weighted by Crippen LogP contribution is 2.41. The van der Waals surface area contributed by atoms with Gasteiger partial charge in [0.1, 0.15) is 11.5 Å². The number of fused-ring (bicyclic) bond motifs is 3. The lowest BCUT2D eigenvalue weighted by molar-refractivity contribution is -0.146. The Morgan fingerprint density at radius 1 is 1.11 bits per heavy atom. The fourth-order valence-electron chi connectivity index (χ4n) is 4.82. The molecule has 7 heteroatoms. The fourth-order valence-corrected chi connectivity index (χ4v) is 4.82. The zero-order valence-electron chi connectivity index (χ0n) is 21.4. The molecule has 0 unspecified atom stereocenters. The van der Waals surface area contributed by atoms with E-state index in [4.69, 9.17) is 19.9 Å². The molecule has 0 saturated heterocycles. The number of nitrogens with two attached hydrogens (primary N) is 1. The van der Waals surface area contributed by atoms with E-state index in [1.54, 1.807) is 0 Å². The first-order valence-electron chi connectivity index (χ1n) is 12.8. The highest BCUT2D eigenvalue weighted by Gasteiger charge is 2.31. The summed E-state index contributed by atoms with van der Waals surface area (Å²) in [4.78, 5) is 24.3. The molecule has 1 heterocycles. The van der Waals surface area contributed by atoms with Crippen LogP contribution in [0.4, 0.5) is 0 Å². The molecule has 0 spiro atoms. The van der Waals surface area contributed by atoms with Crippen LogP contribution in [0, 0.1) is 5.92 Å². The van der Waals surface area contributed by atoms with E-state index in [9.17, 15) is 9.59 Å². The number of aromatic nitrogens is 1. The second kappa shape index (κ2) is 11.5. The first-order chi connectivity index (χ1) is 17.4. The summed E-state index contributed by atoms with van der Waals surface area (Å²) in [5.74, 6) is 0.813. The molecular weight excluding hydrogens is 456 g/mol. The monoisotopic (exact) mass is 492 g/mol. The molecule has 0 fully saturated rings. The van der Waals surface area contributed by atoms with E-state index >= 15 is 0 Å². The lowest BCUT2D eigenvalue weighted by atomic mass is 9.84. The van der Waals surface area contributed by atoms with Crippen molar-refractivity contribution < 1.29 is 23.8 Å². The van der Waals surface area contributed by atoms with E-state index in [1.165, 1.54) is 0 Å². The van der Waals surface area contributed by atoms with Crippen LogP contribution in [-0.2, 0) is 27.3 Å². The average molecular weight is 493 g/mol. The molecule has 2 N–H and O–H groups in total. The van der Waals surface area contributed by atoms with E-state index in [2.05, 4.69) is 30.5 Å². The second-order valence-electron chi connectivity index (χ2n) is 9.83. The van der Waals surface area contributed by atoms with Gasteiger partial charge in [0.25, 0.3) is 0 Å². The Labute approximate surface area is 212 Å². The maximum absolute atomic E-state index is 12.4. The maximum Gasteiger partial charge on any atom is 0.344 e. The van der Waals surface area contributed by atoms with Crippen LogP contribution in [0.25, 0.3) is 10.9 Å². The maximum atomic E-state index is 12.4. The molecule has 4 rings (SSSR count). The van der Waals surface area contributed by atoms with Crippen molar-refractivity contribution in [3.8, 4) is 11.5 Å². The third-order valence-corrected chi connectivity index (χ3v) is 6.43. The van der Waals surface area contributed by atoms with Crippen LogP contribution >= 0.6 is 0 Å². The van der Waals surface area contributed by atoms with Gasteiger partial charge >= 0.3 is 5.97 Å². The number of benzene rings is 2. The number of hydrogen-bond acceptors (Lipinski definition) is 5. The summed E-state index contributed by atoms with van der Waals surface area (Å²) in [6.45, 7) is 7.74. The van der Waals surface area contributed by atoms with Gasteiger partial charge < -0.3 is 24.5 Å². The molecule has 3 aromatic rings. The molecule has 0 saturated carbocycles. The minimum atomic E-state index is -0.397. The quantitative estimate of drug-likeness (QED) is 0.382. The minimum Gasteiger partial charge on any atom is -0.493 e. The molecular formula is C29H36N2O5. The lowest BCUT2D eigenvalue weighted by Gasteiger charge is -2.22. The van der Waals surface area contributed by atoms with Gasteiger partial charge in [-0.25, -0.2) is 4.79 Å². The Morgan fingerprint density at radius 2 is 1.92 bits per heavy atom. The summed E-state index contributed by atoms with van der Waals surface area (Å²) in [5.41, 5.74) is 10.1. The van der Waals surface area contributed by atoms with E-state index in [0.717, 1.165) is 59.2 Å². The Kier molecular flexibility index (Phi) is 8.18. The van der Waals surface area contributed by atoms with Gasteiger partial charge in [-0.2, -0.15) is 0 Å². The van der Waals surface area contributed by atoms with Crippen LogP contribution in [0.15, 0.2) is 42.5 Å². The normalized spacial score (nSPS) is 15.1. The zero-order valence-corrected chi connectivity index (χ0v) is 21.4. The third-order valence-electron chi connectivity index (χ3n) is 6.43. The number of carbonyl (C=O) groups excluding carboxylic acids is 2. The van der Waals surface area contributed by atoms with Gasteiger partial charge in [-0.15, -0.1) is 0 Å². The molecule has 1 aliphatic rings. The van der Waals surface area contributed by atoms with E-state index in [0.29, 0.717) is 31.4 Å². The molecule has 1 atom stereocenters. The first-order valence-corrected chi connectivity index (χ1v) is 12.8. The van der Waals surface area contributed by atoms with Gasteiger partial charge in [-0.3, -0.25) is 4.79 Å². The van der Waals surface area contributed by atoms with Gasteiger partial charge in [0.15, 0.2) is 6.61 Å². The summed E-state index contributed by atoms with van der Waals surface area (Å²) in [6, 6.07) is 13.9. The molecule has 1 aromatic heterocycles. The molecule has 7 nitrogen and oxygen atoms in total. The summed E-state index contributed by atoms with van der Waals surface area (Å²) in [6.07, 6.45) is 3.27. The average Bonchev–Trinajstić information content (AvgIpc) is 3.18. The Morgan fingerprint density at radius 3 is 2.67 bits per heavy atom. The SMILES string of the molecule is CCCOC(=O)COc1ccc2c(c1)c1c(n2Cc2cccc(OCC(C)C)c2)CCC[C@@H]1C(N)=O. The Hall–Kier alpha value is -3.48. The molecule has 1 amide bonds.